The molecular formula is C13H12N4O3. The standard InChI is InChI=1S/C13H12N4O3/c1-20-13(19)9-5-16(6-9)11-2-10(18)7-17-12(11)8(3-14)4-15-17/h2,4,7,9,18H,5-6H2,1H3. The summed E-state index contributed by atoms with van der Waals surface area (Å²) in [6.07, 6.45) is 2.90. The van der Waals surface area contributed by atoms with Crippen LogP contribution in [0.4, 0.5) is 5.69 Å². The highest BCUT2D eigenvalue weighted by Gasteiger charge is 2.35. The Morgan fingerprint density at radius 3 is 3.00 bits per heavy atom. The Bertz CT molecular complexity index is 725. The minimum absolute atomic E-state index is 0.0570. The van der Waals surface area contributed by atoms with Crippen LogP contribution in [0.5, 0.6) is 5.75 Å². The summed E-state index contributed by atoms with van der Waals surface area (Å²) in [5, 5.41) is 22.9. The zero-order valence-electron chi connectivity index (χ0n) is 10.8. The predicted molar refractivity (Wildman–Crippen MR) is 69.3 cm³/mol. The molecule has 1 aliphatic rings. The number of carbonyl (C=O) groups excluding carboxylic acids is 1. The second kappa shape index (κ2) is 4.42. The van der Waals surface area contributed by atoms with Crippen molar-refractivity contribution < 1.29 is 14.6 Å². The number of hydrogen-bond donors (Lipinski definition) is 1. The third kappa shape index (κ3) is 1.73. The molecule has 0 aliphatic carbocycles. The van der Waals surface area contributed by atoms with Crippen LogP contribution in [0.15, 0.2) is 18.5 Å². The fourth-order valence-corrected chi connectivity index (χ4v) is 2.40. The average Bonchev–Trinajstić information content (AvgIpc) is 2.79. The van der Waals surface area contributed by atoms with Gasteiger partial charge >= 0.3 is 5.97 Å². The summed E-state index contributed by atoms with van der Waals surface area (Å²) in [6.45, 7) is 1.00. The van der Waals surface area contributed by atoms with E-state index in [-0.39, 0.29) is 17.6 Å². The van der Waals surface area contributed by atoms with Crippen LogP contribution >= 0.6 is 0 Å². The fraction of sp³-hybridized carbons (Fsp3) is 0.308. The topological polar surface area (TPSA) is 90.9 Å². The molecule has 2 aromatic rings. The summed E-state index contributed by atoms with van der Waals surface area (Å²) in [5.41, 5.74) is 1.76. The van der Waals surface area contributed by atoms with Crippen molar-refractivity contribution in [2.24, 2.45) is 5.92 Å². The first-order chi connectivity index (χ1) is 9.63. The van der Waals surface area contributed by atoms with Crippen LogP contribution in [0, 0.1) is 17.2 Å². The number of esters is 1. The molecule has 102 valence electrons. The number of nitriles is 1. The average molecular weight is 272 g/mol. The lowest BCUT2D eigenvalue weighted by Gasteiger charge is -2.39. The van der Waals surface area contributed by atoms with E-state index >= 15 is 0 Å². The zero-order chi connectivity index (χ0) is 14.3. The van der Waals surface area contributed by atoms with Gasteiger partial charge in [0, 0.05) is 19.2 Å². The molecule has 0 bridgehead atoms. The van der Waals surface area contributed by atoms with Crippen molar-refractivity contribution in [1.29, 1.82) is 5.26 Å². The highest BCUT2D eigenvalue weighted by molar-refractivity contribution is 5.83. The number of ether oxygens (including phenoxy) is 1. The lowest BCUT2D eigenvalue weighted by molar-refractivity contribution is -0.146. The molecule has 0 unspecified atom stereocenters. The van der Waals surface area contributed by atoms with Crippen LogP contribution in [-0.4, -0.2) is 40.9 Å². The smallest absolute Gasteiger partial charge is 0.312 e. The number of pyridine rings is 1. The Kier molecular flexibility index (Phi) is 2.71. The maximum Gasteiger partial charge on any atom is 0.312 e. The SMILES string of the molecule is COC(=O)C1CN(c2cc(O)cn3ncc(C#N)c23)C1. The van der Waals surface area contributed by atoms with Crippen LogP contribution < -0.4 is 4.90 Å². The van der Waals surface area contributed by atoms with E-state index in [1.54, 1.807) is 6.07 Å². The van der Waals surface area contributed by atoms with Crippen molar-refractivity contribution in [3.63, 3.8) is 0 Å². The van der Waals surface area contributed by atoms with Crippen LogP contribution in [-0.2, 0) is 9.53 Å². The van der Waals surface area contributed by atoms with E-state index in [4.69, 9.17) is 10.00 Å². The van der Waals surface area contributed by atoms with Crippen LogP contribution in [0.2, 0.25) is 0 Å². The molecule has 0 aromatic carbocycles. The Morgan fingerprint density at radius 2 is 2.35 bits per heavy atom. The van der Waals surface area contributed by atoms with Gasteiger partial charge in [-0.25, -0.2) is 4.52 Å². The van der Waals surface area contributed by atoms with Crippen molar-refractivity contribution in [2.45, 2.75) is 0 Å². The summed E-state index contributed by atoms with van der Waals surface area (Å²) in [6, 6.07) is 3.65. The largest absolute Gasteiger partial charge is 0.506 e. The number of rotatable bonds is 2. The first-order valence-electron chi connectivity index (χ1n) is 6.07. The molecule has 0 atom stereocenters. The number of aromatic hydroxyl groups is 1. The monoisotopic (exact) mass is 272 g/mol. The molecule has 1 aliphatic heterocycles. The van der Waals surface area contributed by atoms with Crippen LogP contribution in [0.1, 0.15) is 5.56 Å². The van der Waals surface area contributed by atoms with E-state index in [2.05, 4.69) is 11.2 Å². The van der Waals surface area contributed by atoms with Crippen molar-refractivity contribution in [3.05, 3.63) is 24.0 Å². The molecule has 1 N–H and O–H groups in total. The van der Waals surface area contributed by atoms with Gasteiger partial charge in [0.25, 0.3) is 0 Å². The minimum atomic E-state index is -0.244. The third-order valence-electron chi connectivity index (χ3n) is 3.45. The molecule has 3 heterocycles. The van der Waals surface area contributed by atoms with E-state index < -0.39 is 0 Å². The lowest BCUT2D eigenvalue weighted by Crippen LogP contribution is -2.51. The molecule has 3 rings (SSSR count). The number of aromatic nitrogens is 2. The maximum atomic E-state index is 11.4. The molecule has 7 nitrogen and oxygen atoms in total. The second-order valence-corrected chi connectivity index (χ2v) is 4.67. The van der Waals surface area contributed by atoms with E-state index in [1.165, 1.54) is 24.0 Å². The van der Waals surface area contributed by atoms with Gasteiger partial charge in [-0.15, -0.1) is 0 Å². The van der Waals surface area contributed by atoms with E-state index in [0.29, 0.717) is 29.9 Å². The predicted octanol–water partition coefficient (Wildman–Crippen LogP) is 0.521. The lowest BCUT2D eigenvalue weighted by atomic mass is 9.99. The first-order valence-corrected chi connectivity index (χ1v) is 6.07. The van der Waals surface area contributed by atoms with Crippen LogP contribution in [0.25, 0.3) is 5.52 Å². The quantitative estimate of drug-likeness (QED) is 0.801. The fourth-order valence-electron chi connectivity index (χ4n) is 2.40. The highest BCUT2D eigenvalue weighted by Crippen LogP contribution is 2.33. The zero-order valence-corrected chi connectivity index (χ0v) is 10.8. The van der Waals surface area contributed by atoms with Gasteiger partial charge < -0.3 is 14.7 Å². The summed E-state index contributed by atoms with van der Waals surface area (Å²) >= 11 is 0. The molecule has 0 amide bonds. The summed E-state index contributed by atoms with van der Waals surface area (Å²) in [7, 11) is 1.36. The highest BCUT2D eigenvalue weighted by atomic mass is 16.5. The summed E-state index contributed by atoms with van der Waals surface area (Å²) in [5.74, 6) is -0.357. The second-order valence-electron chi connectivity index (χ2n) is 4.67. The van der Waals surface area contributed by atoms with Gasteiger partial charge in [0.05, 0.1) is 36.7 Å². The normalized spacial score (nSPS) is 14.9. The Morgan fingerprint density at radius 1 is 1.60 bits per heavy atom. The maximum absolute atomic E-state index is 11.4. The van der Waals surface area contributed by atoms with Gasteiger partial charge in [-0.2, -0.15) is 10.4 Å². The van der Waals surface area contributed by atoms with Gasteiger partial charge in [-0.05, 0) is 0 Å². The molecule has 0 saturated carbocycles. The molecule has 1 fully saturated rings. The number of fused-ring (bicyclic) bond motifs is 1. The number of methoxy groups -OCH3 is 1. The Labute approximate surface area is 114 Å². The van der Waals surface area contributed by atoms with Crippen molar-refractivity contribution in [1.82, 2.24) is 9.61 Å². The Balaban J connectivity index is 1.98. The number of nitrogens with zero attached hydrogens (tertiary/aromatic N) is 4. The third-order valence-corrected chi connectivity index (χ3v) is 3.45. The van der Waals surface area contributed by atoms with E-state index in [1.807, 2.05) is 4.90 Å². The number of hydrogen-bond acceptors (Lipinski definition) is 6. The molecule has 1 saturated heterocycles. The van der Waals surface area contributed by atoms with Gasteiger partial charge in [0.2, 0.25) is 0 Å². The van der Waals surface area contributed by atoms with Crippen molar-refractivity contribution in [2.75, 3.05) is 25.1 Å². The molecular weight excluding hydrogens is 260 g/mol. The molecule has 0 radical (unpaired) electrons. The van der Waals surface area contributed by atoms with E-state index in [9.17, 15) is 9.90 Å². The summed E-state index contributed by atoms with van der Waals surface area (Å²) < 4.78 is 6.16. The number of carbonyl (C=O) groups is 1. The number of anilines is 1. The minimum Gasteiger partial charge on any atom is -0.506 e. The van der Waals surface area contributed by atoms with Gasteiger partial charge in [-0.1, -0.05) is 0 Å². The van der Waals surface area contributed by atoms with Crippen molar-refractivity contribution >= 4 is 17.2 Å². The Hall–Kier alpha value is -2.75. The molecule has 2 aromatic heterocycles. The van der Waals surface area contributed by atoms with Gasteiger partial charge in [0.1, 0.15) is 17.3 Å². The van der Waals surface area contributed by atoms with Crippen LogP contribution in [0.3, 0.4) is 0 Å². The van der Waals surface area contributed by atoms with Gasteiger partial charge in [0.15, 0.2) is 0 Å². The van der Waals surface area contributed by atoms with Gasteiger partial charge in [-0.3, -0.25) is 4.79 Å². The van der Waals surface area contributed by atoms with E-state index in [0.717, 1.165) is 0 Å². The summed E-state index contributed by atoms with van der Waals surface area (Å²) in [4.78, 5) is 13.3. The molecule has 0 spiro atoms. The first kappa shape index (κ1) is 12.3. The molecule has 20 heavy (non-hydrogen) atoms. The van der Waals surface area contributed by atoms with Crippen molar-refractivity contribution in [3.8, 4) is 11.8 Å². The molecule has 7 heteroatoms.